The number of amides is 2. The van der Waals surface area contributed by atoms with Gasteiger partial charge in [0.25, 0.3) is 26.1 Å². The molecule has 1 aromatic heterocycles. The summed E-state index contributed by atoms with van der Waals surface area (Å²) in [7, 11) is -10.4. The maximum atomic E-state index is 14.2. The number of fused-ring (bicyclic) bond motifs is 7. The first-order valence-corrected chi connectivity index (χ1v) is 23.6. The fourth-order valence-electron chi connectivity index (χ4n) is 8.40. The van der Waals surface area contributed by atoms with E-state index in [0.717, 1.165) is 54.3 Å². The monoisotopic (exact) mass is 947 g/mol. The van der Waals surface area contributed by atoms with E-state index in [1.54, 1.807) is 24.0 Å². The molecule has 21 heteroatoms. The van der Waals surface area contributed by atoms with Crippen LogP contribution in [0.4, 0.5) is 11.4 Å². The van der Waals surface area contributed by atoms with Crippen molar-refractivity contribution in [2.45, 2.75) is 61.9 Å². The zero-order chi connectivity index (χ0) is 47.9. The number of rotatable bonds is 14. The van der Waals surface area contributed by atoms with Crippen molar-refractivity contribution >= 4 is 66.1 Å². The van der Waals surface area contributed by atoms with Crippen LogP contribution in [0.3, 0.4) is 0 Å². The van der Waals surface area contributed by atoms with E-state index >= 15 is 0 Å². The number of ketones is 1. The summed E-state index contributed by atoms with van der Waals surface area (Å²) in [4.78, 5) is 51.8. The highest BCUT2D eigenvalue weighted by atomic mass is 32.2. The largest absolute Gasteiger partial charge is 0.478 e. The number of unbranched alkanes of at least 4 members (excludes halogenated alkanes) is 2. The zero-order valence-electron chi connectivity index (χ0n) is 35.5. The summed E-state index contributed by atoms with van der Waals surface area (Å²) in [6.07, 6.45) is 2.75. The second-order valence-corrected chi connectivity index (χ2v) is 18.6. The summed E-state index contributed by atoms with van der Waals surface area (Å²) >= 11 is 0. The van der Waals surface area contributed by atoms with Gasteiger partial charge < -0.3 is 30.3 Å². The number of aromatic carboxylic acids is 1. The molecule has 0 spiro atoms. The molecule has 7 N–H and O–H groups in total. The van der Waals surface area contributed by atoms with Crippen molar-refractivity contribution in [1.29, 1.82) is 5.41 Å². The third-order valence-electron chi connectivity index (χ3n) is 11.4. The summed E-state index contributed by atoms with van der Waals surface area (Å²) in [5.41, 5.74) is 7.79. The van der Waals surface area contributed by atoms with Gasteiger partial charge in [-0.1, -0.05) is 60.2 Å². The maximum absolute atomic E-state index is 14.2. The van der Waals surface area contributed by atoms with Crippen molar-refractivity contribution in [2.24, 2.45) is 0 Å². The number of aryl methyl sites for hydroxylation is 1. The average molecular weight is 948 g/mol. The number of carboxylic acids is 1. The Bertz CT molecular complexity index is 3460. The molecular formula is C46H41N7O12S2. The van der Waals surface area contributed by atoms with E-state index in [0.29, 0.717) is 29.9 Å². The Kier molecular flexibility index (Phi) is 12.3. The third kappa shape index (κ3) is 8.91. The van der Waals surface area contributed by atoms with Crippen LogP contribution in [0.1, 0.15) is 65.3 Å². The molecule has 19 nitrogen and oxygen atoms in total. The van der Waals surface area contributed by atoms with Gasteiger partial charge in [0, 0.05) is 59.1 Å². The molecule has 1 aliphatic carbocycles. The van der Waals surface area contributed by atoms with Gasteiger partial charge in [-0.05, 0) is 73.4 Å². The van der Waals surface area contributed by atoms with Crippen LogP contribution < -0.4 is 21.3 Å². The van der Waals surface area contributed by atoms with E-state index < -0.39 is 69.9 Å². The number of nitrogens with one attached hydrogen (secondary N) is 2. The molecule has 3 heterocycles. The number of carboxylic acid groups (broad SMARTS) is 1. The molecule has 0 atom stereocenters. The number of anilines is 2. The Labute approximate surface area is 382 Å². The number of nitrogens with zero attached hydrogens (tertiary/aromatic N) is 4. The minimum atomic E-state index is -5.24. The Morgan fingerprint density at radius 2 is 1.52 bits per heavy atom. The Morgan fingerprint density at radius 1 is 0.821 bits per heavy atom. The number of benzene rings is 5. The minimum Gasteiger partial charge on any atom is -0.478 e. The van der Waals surface area contributed by atoms with Gasteiger partial charge in [-0.3, -0.25) is 24.1 Å². The van der Waals surface area contributed by atoms with Crippen LogP contribution in [0.2, 0.25) is 0 Å². The van der Waals surface area contributed by atoms with E-state index in [1.807, 2.05) is 41.1 Å². The first-order chi connectivity index (χ1) is 31.8. The van der Waals surface area contributed by atoms with Crippen LogP contribution in [0, 0.1) is 5.41 Å². The van der Waals surface area contributed by atoms with Crippen molar-refractivity contribution in [3.05, 3.63) is 113 Å². The lowest BCUT2D eigenvalue weighted by Crippen LogP contribution is -2.35. The first kappa shape index (κ1) is 46.0. The number of hydrogen-bond acceptors (Lipinski definition) is 13. The number of nitrogens with two attached hydrogens (primary N) is 1. The molecular weight excluding hydrogens is 907 g/mol. The summed E-state index contributed by atoms with van der Waals surface area (Å²) in [6.45, 7) is 2.16. The highest BCUT2D eigenvalue weighted by molar-refractivity contribution is 7.86. The number of carbonyl (C=O) groups is 4. The predicted molar refractivity (Wildman–Crippen MR) is 243 cm³/mol. The second-order valence-electron chi connectivity index (χ2n) is 15.9. The maximum Gasteiger partial charge on any atom is 0.336 e. The van der Waals surface area contributed by atoms with Crippen LogP contribution in [0.15, 0.2) is 105 Å². The quantitative estimate of drug-likeness (QED) is 0.0306. The molecule has 0 radical (unpaired) electrons. The van der Waals surface area contributed by atoms with E-state index in [1.165, 1.54) is 24.3 Å². The number of hydrogen-bond donors (Lipinski definition) is 6. The molecule has 2 amide bonds. The summed E-state index contributed by atoms with van der Waals surface area (Å²) in [6, 6.07) is 23.0. The number of aromatic nitrogens is 3. The smallest absolute Gasteiger partial charge is 0.336 e. The summed E-state index contributed by atoms with van der Waals surface area (Å²) < 4.78 is 78.1. The van der Waals surface area contributed by atoms with Crippen molar-refractivity contribution in [1.82, 2.24) is 20.3 Å². The first-order valence-electron chi connectivity index (χ1n) is 20.7. The van der Waals surface area contributed by atoms with E-state index in [-0.39, 0.29) is 58.8 Å². The molecule has 8 rings (SSSR count). The van der Waals surface area contributed by atoms with Crippen LogP contribution in [0.25, 0.3) is 55.9 Å². The average Bonchev–Trinajstić information content (AvgIpc) is 3.68. The standard InChI is InChI=1S/C46H41N7O12S2/c1-25(54)9-3-2-8-22-53-40-28-11-5-4-10-27(28)24-52(36-13-7-6-12-30(36)39(40)50-51-53)37(55)20-21-49-45(56)26-14-15-29(33(23-26)46(57)58)38-31-16-18-34(47)43(66(59,60)61)41(31)65-42-32(38)17-19-35(48)44(42)67(62,63)64/h4-7,10-19,23,47H,2-3,8-9,20-22,24,48H2,1H3,(H,49,56)(H,57,58)(H,59,60,61)(H,62,63,64). The Balaban J connectivity index is 1.09. The SMILES string of the molecule is CC(=O)CCCCCn1nnc2c1-c1ccccc1CN(C(=O)CCNC(=O)c1ccc(-c3c4ccc(=N)c(S(=O)(=O)O)c-4oc4c(S(=O)(=O)O)c(N)ccc34)c(C(=O)O)c1)c1ccccc1-2. The Hall–Kier alpha value is -7.59. The summed E-state index contributed by atoms with van der Waals surface area (Å²) in [5, 5.41) is 29.6. The molecule has 0 unspecified atom stereocenters. The van der Waals surface area contributed by atoms with Gasteiger partial charge in [-0.2, -0.15) is 16.8 Å². The molecule has 0 bridgehead atoms. The van der Waals surface area contributed by atoms with Gasteiger partial charge in [0.2, 0.25) is 5.91 Å². The summed E-state index contributed by atoms with van der Waals surface area (Å²) in [5.74, 6) is -3.27. The highest BCUT2D eigenvalue weighted by Crippen LogP contribution is 2.46. The lowest BCUT2D eigenvalue weighted by molar-refractivity contribution is -0.119. The van der Waals surface area contributed by atoms with Gasteiger partial charge >= 0.3 is 5.97 Å². The van der Waals surface area contributed by atoms with Crippen molar-refractivity contribution in [3.63, 3.8) is 0 Å². The van der Waals surface area contributed by atoms with Crippen LogP contribution >= 0.6 is 0 Å². The van der Waals surface area contributed by atoms with Crippen LogP contribution in [0.5, 0.6) is 0 Å². The van der Waals surface area contributed by atoms with Crippen molar-refractivity contribution < 1.29 is 54.6 Å². The molecule has 2 aliphatic heterocycles. The zero-order valence-corrected chi connectivity index (χ0v) is 37.1. The molecule has 0 fully saturated rings. The Morgan fingerprint density at radius 3 is 2.24 bits per heavy atom. The lowest BCUT2D eigenvalue weighted by Gasteiger charge is -2.28. The molecule has 67 heavy (non-hydrogen) atoms. The molecule has 3 aliphatic rings. The fourth-order valence-corrected chi connectivity index (χ4v) is 9.89. The van der Waals surface area contributed by atoms with Crippen molar-refractivity contribution in [2.75, 3.05) is 17.2 Å². The van der Waals surface area contributed by atoms with Gasteiger partial charge in [0.15, 0.2) is 21.1 Å². The topological polar surface area (TPSA) is 306 Å². The van der Waals surface area contributed by atoms with Crippen molar-refractivity contribution in [3.8, 4) is 45.0 Å². The normalized spacial score (nSPS) is 12.5. The molecule has 0 saturated carbocycles. The van der Waals surface area contributed by atoms with E-state index in [9.17, 15) is 50.2 Å². The molecule has 0 saturated heterocycles. The molecule has 344 valence electrons. The highest BCUT2D eigenvalue weighted by Gasteiger charge is 2.33. The van der Waals surface area contributed by atoms with E-state index in [2.05, 4.69) is 15.6 Å². The fraction of sp³-hybridized carbons (Fsp3) is 0.196. The van der Waals surface area contributed by atoms with E-state index in [4.69, 9.17) is 15.6 Å². The number of Topliss-reactive ketones (excluding diaryl/α,β-unsaturated/α-hetero) is 1. The van der Waals surface area contributed by atoms with Gasteiger partial charge in [0.1, 0.15) is 11.5 Å². The second kappa shape index (κ2) is 18.0. The predicted octanol–water partition coefficient (Wildman–Crippen LogP) is 6.20. The molecule has 5 aromatic rings. The third-order valence-corrected chi connectivity index (χ3v) is 13.3. The van der Waals surface area contributed by atoms with Gasteiger partial charge in [0.05, 0.1) is 34.5 Å². The van der Waals surface area contributed by atoms with Gasteiger partial charge in [-0.25, -0.2) is 9.48 Å². The lowest BCUT2D eigenvalue weighted by atomic mass is 9.89. The van der Waals surface area contributed by atoms with Crippen LogP contribution in [-0.2, 0) is 42.9 Å². The number of para-hydroxylation sites is 1. The van der Waals surface area contributed by atoms with Crippen LogP contribution in [-0.4, -0.2) is 76.2 Å². The minimum absolute atomic E-state index is 0.146. The number of carbonyl (C=O) groups excluding carboxylic acids is 3. The number of nitrogen functional groups attached to an aromatic ring is 1. The van der Waals surface area contributed by atoms with Gasteiger partial charge in [-0.15, -0.1) is 5.10 Å². The molecule has 4 aromatic carbocycles.